The van der Waals surface area contributed by atoms with Gasteiger partial charge in [-0.15, -0.1) is 11.8 Å². The number of hydrogen-bond donors (Lipinski definition) is 1. The van der Waals surface area contributed by atoms with Crippen LogP contribution in [-0.2, 0) is 11.2 Å². The number of hydrogen-bond acceptors (Lipinski definition) is 3. The number of carbonyl (C=O) groups is 1. The number of thioether (sulfide) groups is 1. The molecule has 1 aromatic rings. The number of fused-ring (bicyclic) bond motifs is 1. The van der Waals surface area contributed by atoms with E-state index >= 15 is 0 Å². The molecular formula is C14H19NO2S. The van der Waals surface area contributed by atoms with E-state index in [0.717, 1.165) is 31.0 Å². The molecular weight excluding hydrogens is 246 g/mol. The van der Waals surface area contributed by atoms with Gasteiger partial charge in [-0.05, 0) is 31.4 Å². The maximum Gasteiger partial charge on any atom is 0.219 e. The van der Waals surface area contributed by atoms with Crippen molar-refractivity contribution in [1.29, 1.82) is 0 Å². The molecule has 0 fully saturated rings. The summed E-state index contributed by atoms with van der Waals surface area (Å²) < 4.78 is 5.63. The van der Waals surface area contributed by atoms with E-state index in [0.29, 0.717) is 13.0 Å². The third kappa shape index (κ3) is 3.42. The van der Waals surface area contributed by atoms with Gasteiger partial charge < -0.3 is 10.1 Å². The molecule has 98 valence electrons. The van der Waals surface area contributed by atoms with Gasteiger partial charge in [0.2, 0.25) is 5.91 Å². The summed E-state index contributed by atoms with van der Waals surface area (Å²) in [5, 5.41) is 2.83. The van der Waals surface area contributed by atoms with Crippen molar-refractivity contribution in [3.63, 3.8) is 0 Å². The average Bonchev–Trinajstić information content (AvgIpc) is 2.39. The van der Waals surface area contributed by atoms with Crippen molar-refractivity contribution < 1.29 is 9.53 Å². The Morgan fingerprint density at radius 3 is 3.22 bits per heavy atom. The summed E-state index contributed by atoms with van der Waals surface area (Å²) in [6.45, 7) is 3.45. The van der Waals surface area contributed by atoms with E-state index in [2.05, 4.69) is 11.4 Å². The quantitative estimate of drug-likeness (QED) is 0.889. The number of amides is 1. The first-order chi connectivity index (χ1) is 8.81. The van der Waals surface area contributed by atoms with Crippen LogP contribution in [0.3, 0.4) is 0 Å². The molecule has 0 aromatic heterocycles. The van der Waals surface area contributed by atoms with Crippen molar-refractivity contribution in [1.82, 2.24) is 5.32 Å². The Bertz CT molecular complexity index is 420. The van der Waals surface area contributed by atoms with Gasteiger partial charge in [-0.1, -0.05) is 12.1 Å². The summed E-state index contributed by atoms with van der Waals surface area (Å²) in [6, 6.07) is 6.19. The Morgan fingerprint density at radius 1 is 1.50 bits per heavy atom. The summed E-state index contributed by atoms with van der Waals surface area (Å²) in [7, 11) is 0. The monoisotopic (exact) mass is 265 g/mol. The zero-order valence-corrected chi connectivity index (χ0v) is 11.5. The second kappa shape index (κ2) is 6.69. The molecule has 1 aromatic carbocycles. The van der Waals surface area contributed by atoms with Crippen LogP contribution in [0.1, 0.15) is 25.3 Å². The first-order valence-electron chi connectivity index (χ1n) is 6.45. The van der Waals surface area contributed by atoms with Gasteiger partial charge in [-0.3, -0.25) is 4.79 Å². The predicted octanol–water partition coefficient (Wildman–Crippen LogP) is 2.63. The molecule has 0 unspecified atom stereocenters. The van der Waals surface area contributed by atoms with Crippen LogP contribution in [0.15, 0.2) is 23.1 Å². The van der Waals surface area contributed by atoms with E-state index < -0.39 is 0 Å². The smallest absolute Gasteiger partial charge is 0.219 e. The standard InChI is InChI=1S/C14H19NO2S/c1-2-15-13(16)8-4-6-11-5-3-7-12-14(11)18-10-9-17-12/h3,5,7H,2,4,6,8-10H2,1H3,(H,15,16). The number of carbonyl (C=O) groups excluding carboxylic acids is 1. The molecule has 18 heavy (non-hydrogen) atoms. The summed E-state index contributed by atoms with van der Waals surface area (Å²) in [5.41, 5.74) is 1.31. The second-order valence-electron chi connectivity index (χ2n) is 4.25. The average molecular weight is 265 g/mol. The second-order valence-corrected chi connectivity index (χ2v) is 5.35. The first kappa shape index (κ1) is 13.3. The highest BCUT2D eigenvalue weighted by Crippen LogP contribution is 2.36. The molecule has 3 nitrogen and oxygen atoms in total. The molecule has 2 rings (SSSR count). The highest BCUT2D eigenvalue weighted by Gasteiger charge is 2.14. The first-order valence-corrected chi connectivity index (χ1v) is 7.44. The minimum absolute atomic E-state index is 0.145. The lowest BCUT2D eigenvalue weighted by Gasteiger charge is -2.19. The number of nitrogens with one attached hydrogen (secondary N) is 1. The van der Waals surface area contributed by atoms with E-state index in [1.165, 1.54) is 10.5 Å². The molecule has 1 amide bonds. The molecule has 0 saturated carbocycles. The highest BCUT2D eigenvalue weighted by atomic mass is 32.2. The summed E-state index contributed by atoms with van der Waals surface area (Å²) >= 11 is 1.86. The van der Waals surface area contributed by atoms with Crippen LogP contribution in [0, 0.1) is 0 Å². The molecule has 0 aliphatic carbocycles. The molecule has 0 bridgehead atoms. The molecule has 0 saturated heterocycles. The van der Waals surface area contributed by atoms with Gasteiger partial charge in [0.05, 0.1) is 11.5 Å². The Balaban J connectivity index is 1.91. The molecule has 4 heteroatoms. The van der Waals surface area contributed by atoms with E-state index in [4.69, 9.17) is 4.74 Å². The summed E-state index contributed by atoms with van der Waals surface area (Å²) in [6.07, 6.45) is 2.43. The summed E-state index contributed by atoms with van der Waals surface area (Å²) in [4.78, 5) is 12.6. The predicted molar refractivity (Wildman–Crippen MR) is 74.3 cm³/mol. The fraction of sp³-hybridized carbons (Fsp3) is 0.500. The fourth-order valence-electron chi connectivity index (χ4n) is 2.06. The van der Waals surface area contributed by atoms with Crippen LogP contribution in [0.5, 0.6) is 5.75 Å². The van der Waals surface area contributed by atoms with E-state index in [-0.39, 0.29) is 5.91 Å². The normalized spacial score (nSPS) is 13.6. The highest BCUT2D eigenvalue weighted by molar-refractivity contribution is 7.99. The van der Waals surface area contributed by atoms with Crippen LogP contribution < -0.4 is 10.1 Å². The van der Waals surface area contributed by atoms with Gasteiger partial charge in [0.25, 0.3) is 0 Å². The number of rotatable bonds is 5. The minimum atomic E-state index is 0.145. The summed E-state index contributed by atoms with van der Waals surface area (Å²) in [5.74, 6) is 2.16. The SMILES string of the molecule is CCNC(=O)CCCc1cccc2c1SCCO2. The lowest BCUT2D eigenvalue weighted by Crippen LogP contribution is -2.22. The fourth-order valence-corrected chi connectivity index (χ4v) is 3.05. The van der Waals surface area contributed by atoms with Gasteiger partial charge in [0.15, 0.2) is 0 Å². The molecule has 0 radical (unpaired) electrons. The van der Waals surface area contributed by atoms with Crippen LogP contribution in [0.2, 0.25) is 0 Å². The lowest BCUT2D eigenvalue weighted by atomic mass is 10.1. The molecule has 1 N–H and O–H groups in total. The van der Waals surface area contributed by atoms with Crippen LogP contribution >= 0.6 is 11.8 Å². The van der Waals surface area contributed by atoms with Gasteiger partial charge >= 0.3 is 0 Å². The third-order valence-electron chi connectivity index (χ3n) is 2.87. The van der Waals surface area contributed by atoms with Crippen molar-refractivity contribution in [3.05, 3.63) is 23.8 Å². The minimum Gasteiger partial charge on any atom is -0.492 e. The topological polar surface area (TPSA) is 38.3 Å². The van der Waals surface area contributed by atoms with Crippen LogP contribution in [-0.4, -0.2) is 24.8 Å². The van der Waals surface area contributed by atoms with Crippen molar-refractivity contribution in [3.8, 4) is 5.75 Å². The van der Waals surface area contributed by atoms with E-state index in [1.54, 1.807) is 0 Å². The number of benzene rings is 1. The van der Waals surface area contributed by atoms with Crippen molar-refractivity contribution in [2.75, 3.05) is 18.9 Å². The third-order valence-corrected chi connectivity index (χ3v) is 3.99. The largest absolute Gasteiger partial charge is 0.492 e. The van der Waals surface area contributed by atoms with Gasteiger partial charge in [0.1, 0.15) is 5.75 Å². The maximum atomic E-state index is 11.4. The number of aryl methyl sites for hydroxylation is 1. The Labute approximate surface area is 112 Å². The Kier molecular flexibility index (Phi) is 4.93. The maximum absolute atomic E-state index is 11.4. The number of ether oxygens (including phenoxy) is 1. The zero-order valence-electron chi connectivity index (χ0n) is 10.7. The Hall–Kier alpha value is -1.16. The molecule has 1 aliphatic rings. The Morgan fingerprint density at radius 2 is 2.39 bits per heavy atom. The van der Waals surface area contributed by atoms with Crippen molar-refractivity contribution in [2.24, 2.45) is 0 Å². The van der Waals surface area contributed by atoms with E-state index in [9.17, 15) is 4.79 Å². The zero-order chi connectivity index (χ0) is 12.8. The van der Waals surface area contributed by atoms with Crippen LogP contribution in [0.4, 0.5) is 0 Å². The van der Waals surface area contributed by atoms with Crippen LogP contribution in [0.25, 0.3) is 0 Å². The molecule has 0 atom stereocenters. The van der Waals surface area contributed by atoms with Gasteiger partial charge in [0, 0.05) is 18.7 Å². The van der Waals surface area contributed by atoms with Gasteiger partial charge in [-0.25, -0.2) is 0 Å². The molecule has 1 aliphatic heterocycles. The molecule has 1 heterocycles. The van der Waals surface area contributed by atoms with E-state index in [1.807, 2.05) is 30.8 Å². The lowest BCUT2D eigenvalue weighted by molar-refractivity contribution is -0.121. The molecule has 0 spiro atoms. The van der Waals surface area contributed by atoms with Crippen molar-refractivity contribution >= 4 is 17.7 Å². The van der Waals surface area contributed by atoms with Crippen molar-refractivity contribution in [2.45, 2.75) is 31.1 Å². The van der Waals surface area contributed by atoms with Gasteiger partial charge in [-0.2, -0.15) is 0 Å².